The summed E-state index contributed by atoms with van der Waals surface area (Å²) in [4.78, 5) is 8.16. The minimum absolute atomic E-state index is 0.450. The van der Waals surface area contributed by atoms with E-state index in [9.17, 15) is 0 Å². The van der Waals surface area contributed by atoms with Crippen LogP contribution in [0.3, 0.4) is 0 Å². The number of hydrazine groups is 1. The van der Waals surface area contributed by atoms with E-state index in [0.717, 1.165) is 18.3 Å². The number of nitrogen functional groups attached to an aromatic ring is 1. The molecule has 1 aliphatic carbocycles. The van der Waals surface area contributed by atoms with Gasteiger partial charge in [0.1, 0.15) is 5.82 Å². The molecule has 1 heterocycles. The van der Waals surface area contributed by atoms with Crippen molar-refractivity contribution in [3.8, 4) is 0 Å². The molecule has 2 rings (SSSR count). The summed E-state index contributed by atoms with van der Waals surface area (Å²) in [5.41, 5.74) is 2.44. The fourth-order valence-corrected chi connectivity index (χ4v) is 2.43. The third kappa shape index (κ3) is 3.85. The van der Waals surface area contributed by atoms with Crippen molar-refractivity contribution in [2.45, 2.75) is 38.5 Å². The third-order valence-electron chi connectivity index (χ3n) is 3.35. The SMILES string of the molecule is NNc1nccc(NCCCC2CCCC2)n1. The van der Waals surface area contributed by atoms with E-state index in [0.29, 0.717) is 5.95 Å². The highest BCUT2D eigenvalue weighted by atomic mass is 15.3. The number of aromatic nitrogens is 2. The molecule has 94 valence electrons. The molecule has 1 saturated carbocycles. The van der Waals surface area contributed by atoms with E-state index in [2.05, 4.69) is 20.7 Å². The molecule has 0 amide bonds. The molecule has 0 aliphatic heterocycles. The van der Waals surface area contributed by atoms with Crippen molar-refractivity contribution in [3.63, 3.8) is 0 Å². The van der Waals surface area contributed by atoms with Gasteiger partial charge in [-0.1, -0.05) is 25.7 Å². The summed E-state index contributed by atoms with van der Waals surface area (Å²) in [5, 5.41) is 3.30. The normalized spacial score (nSPS) is 16.1. The van der Waals surface area contributed by atoms with Gasteiger partial charge in [0.2, 0.25) is 5.95 Å². The highest BCUT2D eigenvalue weighted by molar-refractivity contribution is 5.38. The quantitative estimate of drug-likeness (QED) is 0.400. The number of nitrogens with two attached hydrogens (primary N) is 1. The van der Waals surface area contributed by atoms with Crippen molar-refractivity contribution in [1.29, 1.82) is 0 Å². The van der Waals surface area contributed by atoms with Crippen molar-refractivity contribution in [2.24, 2.45) is 11.8 Å². The van der Waals surface area contributed by atoms with Crippen LogP contribution in [0.25, 0.3) is 0 Å². The zero-order valence-electron chi connectivity index (χ0n) is 10.2. The van der Waals surface area contributed by atoms with Gasteiger partial charge < -0.3 is 5.32 Å². The van der Waals surface area contributed by atoms with Crippen LogP contribution in [0.5, 0.6) is 0 Å². The number of rotatable bonds is 6. The zero-order valence-corrected chi connectivity index (χ0v) is 10.2. The van der Waals surface area contributed by atoms with Crippen LogP contribution < -0.4 is 16.6 Å². The van der Waals surface area contributed by atoms with Crippen LogP contribution in [0.2, 0.25) is 0 Å². The summed E-state index contributed by atoms with van der Waals surface area (Å²) >= 11 is 0. The zero-order chi connectivity index (χ0) is 11.9. The van der Waals surface area contributed by atoms with Crippen LogP contribution in [0.1, 0.15) is 38.5 Å². The predicted octanol–water partition coefficient (Wildman–Crippen LogP) is 2.14. The van der Waals surface area contributed by atoms with E-state index < -0.39 is 0 Å². The second-order valence-corrected chi connectivity index (χ2v) is 4.63. The molecule has 0 radical (unpaired) electrons. The van der Waals surface area contributed by atoms with Crippen LogP contribution in [0.15, 0.2) is 12.3 Å². The Morgan fingerprint density at radius 2 is 2.18 bits per heavy atom. The fraction of sp³-hybridized carbons (Fsp3) is 0.667. The van der Waals surface area contributed by atoms with Gasteiger partial charge in [-0.15, -0.1) is 0 Å². The molecule has 1 aromatic rings. The van der Waals surface area contributed by atoms with Crippen molar-refractivity contribution in [2.75, 3.05) is 17.3 Å². The molecular formula is C12H21N5. The van der Waals surface area contributed by atoms with Gasteiger partial charge in [0.25, 0.3) is 0 Å². The van der Waals surface area contributed by atoms with E-state index in [1.807, 2.05) is 6.07 Å². The summed E-state index contributed by atoms with van der Waals surface area (Å²) in [6.07, 6.45) is 9.94. The van der Waals surface area contributed by atoms with E-state index in [4.69, 9.17) is 5.84 Å². The topological polar surface area (TPSA) is 75.9 Å². The molecule has 0 saturated heterocycles. The molecule has 0 spiro atoms. The average molecular weight is 235 g/mol. The van der Waals surface area contributed by atoms with Gasteiger partial charge in [-0.2, -0.15) is 4.98 Å². The Morgan fingerprint density at radius 1 is 1.35 bits per heavy atom. The van der Waals surface area contributed by atoms with Crippen LogP contribution in [-0.2, 0) is 0 Å². The molecule has 0 aromatic carbocycles. The summed E-state index contributed by atoms with van der Waals surface area (Å²) in [6, 6.07) is 1.86. The standard InChI is InChI=1S/C12H21N5/c13-17-12-15-9-7-11(16-12)14-8-3-6-10-4-1-2-5-10/h7,9-10H,1-6,8,13H2,(H2,14,15,16,17). The van der Waals surface area contributed by atoms with Gasteiger partial charge in [-0.3, -0.25) is 5.43 Å². The molecule has 5 nitrogen and oxygen atoms in total. The smallest absolute Gasteiger partial charge is 0.239 e. The maximum absolute atomic E-state index is 5.25. The highest BCUT2D eigenvalue weighted by Crippen LogP contribution is 2.28. The molecule has 0 unspecified atom stereocenters. The van der Waals surface area contributed by atoms with Gasteiger partial charge >= 0.3 is 0 Å². The number of nitrogens with one attached hydrogen (secondary N) is 2. The molecule has 0 atom stereocenters. The van der Waals surface area contributed by atoms with Crippen molar-refractivity contribution in [3.05, 3.63) is 12.3 Å². The summed E-state index contributed by atoms with van der Waals surface area (Å²) in [7, 11) is 0. The molecule has 1 fully saturated rings. The second-order valence-electron chi connectivity index (χ2n) is 4.63. The van der Waals surface area contributed by atoms with Crippen LogP contribution in [-0.4, -0.2) is 16.5 Å². The van der Waals surface area contributed by atoms with E-state index in [1.54, 1.807) is 6.20 Å². The average Bonchev–Trinajstić information content (AvgIpc) is 2.88. The number of hydrogen-bond donors (Lipinski definition) is 3. The maximum atomic E-state index is 5.25. The summed E-state index contributed by atoms with van der Waals surface area (Å²) in [5.74, 6) is 7.50. The summed E-state index contributed by atoms with van der Waals surface area (Å²) < 4.78 is 0. The van der Waals surface area contributed by atoms with Crippen LogP contribution >= 0.6 is 0 Å². The van der Waals surface area contributed by atoms with Crippen LogP contribution in [0.4, 0.5) is 11.8 Å². The van der Waals surface area contributed by atoms with E-state index >= 15 is 0 Å². The lowest BCUT2D eigenvalue weighted by atomic mass is 10.0. The first-order chi connectivity index (χ1) is 8.38. The van der Waals surface area contributed by atoms with Crippen molar-refractivity contribution in [1.82, 2.24) is 9.97 Å². The Kier molecular flexibility index (Phi) is 4.55. The van der Waals surface area contributed by atoms with Gasteiger partial charge in [0, 0.05) is 12.7 Å². The van der Waals surface area contributed by atoms with Crippen molar-refractivity contribution < 1.29 is 0 Å². The lowest BCUT2D eigenvalue weighted by Crippen LogP contribution is -2.12. The Balaban J connectivity index is 1.66. The number of anilines is 2. The molecule has 5 heteroatoms. The first kappa shape index (κ1) is 12.1. The highest BCUT2D eigenvalue weighted by Gasteiger charge is 2.13. The fourth-order valence-electron chi connectivity index (χ4n) is 2.43. The molecule has 4 N–H and O–H groups in total. The number of nitrogens with zero attached hydrogens (tertiary/aromatic N) is 2. The van der Waals surface area contributed by atoms with E-state index in [1.165, 1.54) is 38.5 Å². The summed E-state index contributed by atoms with van der Waals surface area (Å²) in [6.45, 7) is 0.970. The molecule has 0 bridgehead atoms. The Morgan fingerprint density at radius 3 is 2.94 bits per heavy atom. The first-order valence-electron chi connectivity index (χ1n) is 6.42. The van der Waals surface area contributed by atoms with Gasteiger partial charge in [0.05, 0.1) is 0 Å². The minimum atomic E-state index is 0.450. The van der Waals surface area contributed by atoms with Gasteiger partial charge in [-0.05, 0) is 24.8 Å². The van der Waals surface area contributed by atoms with Crippen molar-refractivity contribution >= 4 is 11.8 Å². The molecule has 17 heavy (non-hydrogen) atoms. The van der Waals surface area contributed by atoms with Gasteiger partial charge in [-0.25, -0.2) is 10.8 Å². The third-order valence-corrected chi connectivity index (χ3v) is 3.35. The first-order valence-corrected chi connectivity index (χ1v) is 6.42. The predicted molar refractivity (Wildman–Crippen MR) is 69.5 cm³/mol. The van der Waals surface area contributed by atoms with Gasteiger partial charge in [0.15, 0.2) is 0 Å². The monoisotopic (exact) mass is 235 g/mol. The Bertz CT molecular complexity index is 335. The minimum Gasteiger partial charge on any atom is -0.370 e. The maximum Gasteiger partial charge on any atom is 0.239 e. The Hall–Kier alpha value is -1.36. The number of hydrogen-bond acceptors (Lipinski definition) is 5. The molecule has 1 aromatic heterocycles. The van der Waals surface area contributed by atoms with Crippen LogP contribution in [0, 0.1) is 5.92 Å². The largest absolute Gasteiger partial charge is 0.370 e. The lowest BCUT2D eigenvalue weighted by Gasteiger charge is -2.09. The van der Waals surface area contributed by atoms with E-state index in [-0.39, 0.29) is 0 Å². The molecule has 1 aliphatic rings. The Labute approximate surface area is 102 Å². The lowest BCUT2D eigenvalue weighted by molar-refractivity contribution is 0.491. The molecular weight excluding hydrogens is 214 g/mol. The second kappa shape index (κ2) is 6.39.